The minimum absolute atomic E-state index is 0.112. The number of para-hydroxylation sites is 2. The molecule has 0 bridgehead atoms. The van der Waals surface area contributed by atoms with Crippen LogP contribution in [0.3, 0.4) is 0 Å². The largest absolute Gasteiger partial charge is 0.487 e. The van der Waals surface area contributed by atoms with Gasteiger partial charge in [0, 0.05) is 49.5 Å². The van der Waals surface area contributed by atoms with Crippen LogP contribution >= 0.6 is 0 Å². The third-order valence-corrected chi connectivity index (χ3v) is 6.53. The molecular formula is C25H27N3O4. The van der Waals surface area contributed by atoms with Gasteiger partial charge in [0.1, 0.15) is 11.4 Å². The zero-order chi connectivity index (χ0) is 22.1. The summed E-state index contributed by atoms with van der Waals surface area (Å²) in [7, 11) is 0. The van der Waals surface area contributed by atoms with E-state index in [-0.39, 0.29) is 18.0 Å². The van der Waals surface area contributed by atoms with Crippen molar-refractivity contribution in [2.75, 3.05) is 19.7 Å². The Hall–Kier alpha value is -3.48. The summed E-state index contributed by atoms with van der Waals surface area (Å²) in [6, 6.07) is 15.4. The molecule has 5 rings (SSSR count). The predicted molar refractivity (Wildman–Crippen MR) is 121 cm³/mol. The van der Waals surface area contributed by atoms with Crippen LogP contribution in [0, 0.1) is 0 Å². The maximum Gasteiger partial charge on any atom is 0.409 e. The molecule has 0 radical (unpaired) electrons. The molecule has 1 spiro atoms. The number of benzene rings is 2. The second-order valence-corrected chi connectivity index (χ2v) is 8.49. The second kappa shape index (κ2) is 8.22. The van der Waals surface area contributed by atoms with Gasteiger partial charge < -0.3 is 24.7 Å². The third kappa shape index (κ3) is 3.68. The summed E-state index contributed by atoms with van der Waals surface area (Å²) in [5, 5.41) is 4.26. The topological polar surface area (TPSA) is 83.7 Å². The molecule has 1 saturated heterocycles. The number of nitrogens with one attached hydrogen (secondary N) is 2. The molecule has 7 heteroatoms. The first kappa shape index (κ1) is 20.4. The molecule has 2 amide bonds. The van der Waals surface area contributed by atoms with Crippen molar-refractivity contribution in [3.63, 3.8) is 0 Å². The maximum atomic E-state index is 13.3. The highest BCUT2D eigenvalue weighted by Gasteiger charge is 2.44. The predicted octanol–water partition coefficient (Wildman–Crippen LogP) is 4.41. The Balaban J connectivity index is 1.38. The van der Waals surface area contributed by atoms with Gasteiger partial charge in [0.15, 0.2) is 0 Å². The number of likely N-dealkylation sites (tertiary alicyclic amines) is 1. The Morgan fingerprint density at radius 2 is 1.97 bits per heavy atom. The van der Waals surface area contributed by atoms with E-state index in [1.165, 1.54) is 0 Å². The number of carbonyl (C=O) groups is 2. The summed E-state index contributed by atoms with van der Waals surface area (Å²) in [5.41, 5.74) is 2.02. The lowest BCUT2D eigenvalue weighted by Crippen LogP contribution is -2.53. The molecule has 1 unspecified atom stereocenters. The summed E-state index contributed by atoms with van der Waals surface area (Å²) in [5.74, 6) is 0.686. The number of rotatable bonds is 3. The minimum atomic E-state index is -0.423. The van der Waals surface area contributed by atoms with Gasteiger partial charge in [0.25, 0.3) is 5.91 Å². The van der Waals surface area contributed by atoms with Crippen LogP contribution < -0.4 is 10.1 Å². The number of hydrogen-bond donors (Lipinski definition) is 2. The van der Waals surface area contributed by atoms with E-state index in [1.54, 1.807) is 4.90 Å². The minimum Gasteiger partial charge on any atom is -0.487 e. The van der Waals surface area contributed by atoms with Gasteiger partial charge in [-0.3, -0.25) is 4.79 Å². The van der Waals surface area contributed by atoms with Crippen molar-refractivity contribution in [3.05, 3.63) is 65.9 Å². The monoisotopic (exact) mass is 433 g/mol. The number of aromatic amines is 1. The van der Waals surface area contributed by atoms with E-state index in [4.69, 9.17) is 9.47 Å². The SMILES string of the molecule is CCOC(=O)N1CCC2(CC1)CC(NC(=O)c1cccc3cc[nH]c13)c1ccccc1O2. The first-order chi connectivity index (χ1) is 15.6. The fraction of sp³-hybridized carbons (Fsp3) is 0.360. The number of aromatic nitrogens is 1. The smallest absolute Gasteiger partial charge is 0.409 e. The number of H-pyrrole nitrogens is 1. The quantitative estimate of drug-likeness (QED) is 0.641. The fourth-order valence-electron chi connectivity index (χ4n) is 4.87. The van der Waals surface area contributed by atoms with E-state index in [1.807, 2.05) is 61.7 Å². The van der Waals surface area contributed by atoms with Gasteiger partial charge in [0.05, 0.1) is 23.7 Å². The highest BCUT2D eigenvalue weighted by molar-refractivity contribution is 6.05. The lowest BCUT2D eigenvalue weighted by molar-refractivity contribution is -0.0233. The van der Waals surface area contributed by atoms with E-state index in [9.17, 15) is 9.59 Å². The van der Waals surface area contributed by atoms with E-state index in [2.05, 4.69) is 10.3 Å². The summed E-state index contributed by atoms with van der Waals surface area (Å²) >= 11 is 0. The van der Waals surface area contributed by atoms with Gasteiger partial charge in [0.2, 0.25) is 0 Å². The highest BCUT2D eigenvalue weighted by atomic mass is 16.6. The molecule has 0 aliphatic carbocycles. The number of ether oxygens (including phenoxy) is 2. The third-order valence-electron chi connectivity index (χ3n) is 6.53. The molecule has 1 fully saturated rings. The summed E-state index contributed by atoms with van der Waals surface area (Å²) in [4.78, 5) is 30.3. The van der Waals surface area contributed by atoms with Gasteiger partial charge in [-0.05, 0) is 25.1 Å². The summed E-state index contributed by atoms with van der Waals surface area (Å²) < 4.78 is 11.6. The van der Waals surface area contributed by atoms with Crippen molar-refractivity contribution in [2.45, 2.75) is 37.8 Å². The normalized spacial score (nSPS) is 19.3. The van der Waals surface area contributed by atoms with Crippen LogP contribution in [0.25, 0.3) is 10.9 Å². The first-order valence-electron chi connectivity index (χ1n) is 11.2. The number of amides is 2. The number of piperidine rings is 1. The van der Waals surface area contributed by atoms with Crippen LogP contribution in [0.5, 0.6) is 5.75 Å². The molecule has 2 aliphatic rings. The number of carbonyl (C=O) groups excluding carboxylic acids is 2. The van der Waals surface area contributed by atoms with Crippen LogP contribution in [0.2, 0.25) is 0 Å². The van der Waals surface area contributed by atoms with Crippen LogP contribution in [0.1, 0.15) is 48.1 Å². The molecule has 3 aromatic rings. The van der Waals surface area contributed by atoms with Crippen LogP contribution in [-0.2, 0) is 4.74 Å². The zero-order valence-corrected chi connectivity index (χ0v) is 18.1. The van der Waals surface area contributed by atoms with Gasteiger partial charge in [-0.25, -0.2) is 4.79 Å². The van der Waals surface area contributed by atoms with E-state index in [0.29, 0.717) is 44.5 Å². The maximum absolute atomic E-state index is 13.3. The second-order valence-electron chi connectivity index (χ2n) is 8.49. The van der Waals surface area contributed by atoms with E-state index >= 15 is 0 Å². The van der Waals surface area contributed by atoms with E-state index < -0.39 is 5.60 Å². The number of hydrogen-bond acceptors (Lipinski definition) is 4. The molecule has 7 nitrogen and oxygen atoms in total. The first-order valence-corrected chi connectivity index (χ1v) is 11.2. The summed E-state index contributed by atoms with van der Waals surface area (Å²) in [6.45, 7) is 3.32. The van der Waals surface area contributed by atoms with Crippen molar-refractivity contribution >= 4 is 22.9 Å². The molecule has 2 aliphatic heterocycles. The van der Waals surface area contributed by atoms with Crippen LogP contribution in [0.15, 0.2) is 54.7 Å². The van der Waals surface area contributed by atoms with Crippen molar-refractivity contribution in [1.29, 1.82) is 0 Å². The van der Waals surface area contributed by atoms with E-state index in [0.717, 1.165) is 22.2 Å². The number of nitrogens with zero attached hydrogens (tertiary/aromatic N) is 1. The van der Waals surface area contributed by atoms with Gasteiger partial charge in [-0.15, -0.1) is 0 Å². The fourth-order valence-corrected chi connectivity index (χ4v) is 4.87. The lowest BCUT2D eigenvalue weighted by atomic mass is 9.80. The van der Waals surface area contributed by atoms with Gasteiger partial charge >= 0.3 is 6.09 Å². The van der Waals surface area contributed by atoms with Crippen molar-refractivity contribution in [2.24, 2.45) is 0 Å². The Kier molecular flexibility index (Phi) is 5.25. The standard InChI is InChI=1S/C25H27N3O4/c1-2-31-24(30)28-14-11-25(12-15-28)16-20(18-7-3-4-9-21(18)32-25)27-23(29)19-8-5-6-17-10-13-26-22(17)19/h3-10,13,20,26H,2,11-12,14-16H2,1H3,(H,27,29). The van der Waals surface area contributed by atoms with Crippen molar-refractivity contribution in [1.82, 2.24) is 15.2 Å². The van der Waals surface area contributed by atoms with Crippen molar-refractivity contribution in [3.8, 4) is 5.75 Å². The van der Waals surface area contributed by atoms with Gasteiger partial charge in [-0.2, -0.15) is 0 Å². The average molecular weight is 434 g/mol. The Bertz CT molecular complexity index is 1150. The highest BCUT2D eigenvalue weighted by Crippen LogP contribution is 2.44. The molecule has 0 saturated carbocycles. The molecular weight excluding hydrogens is 406 g/mol. The molecule has 1 atom stereocenters. The molecule has 1 aromatic heterocycles. The van der Waals surface area contributed by atoms with Gasteiger partial charge in [-0.1, -0.05) is 30.3 Å². The molecule has 166 valence electrons. The van der Waals surface area contributed by atoms with Crippen LogP contribution in [0.4, 0.5) is 4.79 Å². The lowest BCUT2D eigenvalue weighted by Gasteiger charge is -2.46. The Morgan fingerprint density at radius 1 is 1.16 bits per heavy atom. The average Bonchev–Trinajstić information content (AvgIpc) is 3.28. The Morgan fingerprint density at radius 3 is 2.78 bits per heavy atom. The molecule has 32 heavy (non-hydrogen) atoms. The van der Waals surface area contributed by atoms with Crippen LogP contribution in [-0.4, -0.2) is 47.2 Å². The Labute approximate surface area is 186 Å². The van der Waals surface area contributed by atoms with Crippen molar-refractivity contribution < 1.29 is 19.1 Å². The molecule has 3 heterocycles. The molecule has 2 N–H and O–H groups in total. The number of fused-ring (bicyclic) bond motifs is 2. The zero-order valence-electron chi connectivity index (χ0n) is 18.1. The summed E-state index contributed by atoms with van der Waals surface area (Å²) in [6.07, 6.45) is 3.62. The molecule has 2 aromatic carbocycles.